The van der Waals surface area contributed by atoms with E-state index in [0.29, 0.717) is 17.2 Å². The second-order valence-corrected chi connectivity index (χ2v) is 5.65. The van der Waals surface area contributed by atoms with Gasteiger partial charge in [0.25, 0.3) is 0 Å². The Bertz CT molecular complexity index is 610. The van der Waals surface area contributed by atoms with E-state index in [2.05, 4.69) is 12.1 Å². The van der Waals surface area contributed by atoms with Crippen LogP contribution in [0.4, 0.5) is 0 Å². The summed E-state index contributed by atoms with van der Waals surface area (Å²) in [7, 11) is 1.63. The van der Waals surface area contributed by atoms with E-state index >= 15 is 0 Å². The summed E-state index contributed by atoms with van der Waals surface area (Å²) in [6.45, 7) is 0. The van der Waals surface area contributed by atoms with Crippen LogP contribution in [-0.2, 0) is 6.42 Å². The Morgan fingerprint density at radius 3 is 2.65 bits per heavy atom. The van der Waals surface area contributed by atoms with E-state index in [1.165, 1.54) is 11.1 Å². The number of aliphatic hydroxyl groups is 1. The van der Waals surface area contributed by atoms with Crippen molar-refractivity contribution in [2.24, 2.45) is 0 Å². The molecule has 1 aliphatic carbocycles. The molecule has 20 heavy (non-hydrogen) atoms. The lowest BCUT2D eigenvalue weighted by atomic mass is 9.77. The van der Waals surface area contributed by atoms with Gasteiger partial charge >= 0.3 is 0 Å². The van der Waals surface area contributed by atoms with Crippen LogP contribution in [0.1, 0.15) is 29.0 Å². The molecule has 0 unspecified atom stereocenters. The average Bonchev–Trinajstić information content (AvgIpc) is 2.46. The van der Waals surface area contributed by atoms with Gasteiger partial charge in [-0.2, -0.15) is 0 Å². The zero-order valence-corrected chi connectivity index (χ0v) is 12.1. The summed E-state index contributed by atoms with van der Waals surface area (Å²) >= 11 is 6.20. The summed E-state index contributed by atoms with van der Waals surface area (Å²) in [5.74, 6) is 0.892. The maximum atomic E-state index is 10.1. The molecule has 0 spiro atoms. The fourth-order valence-electron chi connectivity index (χ4n) is 3.01. The Kier molecular flexibility index (Phi) is 3.68. The van der Waals surface area contributed by atoms with Crippen LogP contribution in [0.15, 0.2) is 42.5 Å². The average molecular weight is 289 g/mol. The second kappa shape index (κ2) is 5.47. The molecule has 1 N–H and O–H groups in total. The van der Waals surface area contributed by atoms with Crippen molar-refractivity contribution in [1.82, 2.24) is 0 Å². The van der Waals surface area contributed by atoms with E-state index in [4.69, 9.17) is 16.3 Å². The summed E-state index contributed by atoms with van der Waals surface area (Å²) in [6.07, 6.45) is 1.07. The Labute approximate surface area is 124 Å². The lowest BCUT2D eigenvalue weighted by molar-refractivity contribution is 0.152. The molecule has 0 radical (unpaired) electrons. The molecule has 0 saturated heterocycles. The highest BCUT2D eigenvalue weighted by Crippen LogP contribution is 2.41. The van der Waals surface area contributed by atoms with Crippen LogP contribution in [0.25, 0.3) is 0 Å². The molecule has 0 amide bonds. The molecule has 0 aliphatic heterocycles. The minimum absolute atomic E-state index is 0.195. The smallest absolute Gasteiger partial charge is 0.137 e. The van der Waals surface area contributed by atoms with Crippen molar-refractivity contribution in [3.63, 3.8) is 0 Å². The number of hydrogen-bond donors (Lipinski definition) is 1. The molecule has 2 atom stereocenters. The highest BCUT2D eigenvalue weighted by atomic mass is 35.5. The van der Waals surface area contributed by atoms with E-state index in [9.17, 15) is 5.11 Å². The van der Waals surface area contributed by atoms with Crippen molar-refractivity contribution < 1.29 is 9.84 Å². The molecule has 2 nitrogen and oxygen atoms in total. The number of benzene rings is 2. The van der Waals surface area contributed by atoms with E-state index in [-0.39, 0.29) is 12.0 Å². The maximum Gasteiger partial charge on any atom is 0.137 e. The Morgan fingerprint density at radius 1 is 1.20 bits per heavy atom. The molecule has 0 heterocycles. The van der Waals surface area contributed by atoms with Crippen LogP contribution in [0, 0.1) is 0 Å². The van der Waals surface area contributed by atoms with Gasteiger partial charge in [-0.3, -0.25) is 0 Å². The standard InChI is InChI=1S/C17H17ClO2/c1-20-17-10-15-12(8-16(17)18)7-13(19)9-14(15)11-5-3-2-4-6-11/h2-6,8,10,13-14,19H,7,9H2,1H3/t13-,14-/m1/s1. The van der Waals surface area contributed by atoms with Gasteiger partial charge in [0.1, 0.15) is 5.75 Å². The van der Waals surface area contributed by atoms with E-state index in [1.54, 1.807) is 7.11 Å². The van der Waals surface area contributed by atoms with E-state index < -0.39 is 0 Å². The number of hydrogen-bond acceptors (Lipinski definition) is 2. The third-order valence-electron chi connectivity index (χ3n) is 3.95. The number of rotatable bonds is 2. The topological polar surface area (TPSA) is 29.5 Å². The zero-order chi connectivity index (χ0) is 14.1. The highest BCUT2D eigenvalue weighted by molar-refractivity contribution is 6.32. The first-order valence-electron chi connectivity index (χ1n) is 6.78. The van der Waals surface area contributed by atoms with E-state index in [0.717, 1.165) is 12.0 Å². The van der Waals surface area contributed by atoms with Crippen LogP contribution >= 0.6 is 11.6 Å². The van der Waals surface area contributed by atoms with Gasteiger partial charge < -0.3 is 9.84 Å². The number of methoxy groups -OCH3 is 1. The number of ether oxygens (including phenoxy) is 1. The summed E-state index contributed by atoms with van der Waals surface area (Å²) in [5.41, 5.74) is 3.54. The van der Waals surface area contributed by atoms with Crippen LogP contribution < -0.4 is 4.74 Å². The van der Waals surface area contributed by atoms with Gasteiger partial charge in [-0.05, 0) is 41.7 Å². The summed E-state index contributed by atoms with van der Waals surface area (Å²) in [6, 6.07) is 14.2. The molecular weight excluding hydrogens is 272 g/mol. The van der Waals surface area contributed by atoms with Crippen molar-refractivity contribution in [1.29, 1.82) is 0 Å². The minimum atomic E-state index is -0.322. The van der Waals surface area contributed by atoms with Crippen LogP contribution in [-0.4, -0.2) is 18.3 Å². The number of halogens is 1. The van der Waals surface area contributed by atoms with Crippen molar-refractivity contribution in [2.45, 2.75) is 24.9 Å². The molecule has 0 fully saturated rings. The molecule has 2 aromatic carbocycles. The van der Waals surface area contributed by atoms with Crippen molar-refractivity contribution >= 4 is 11.6 Å². The predicted molar refractivity (Wildman–Crippen MR) is 80.6 cm³/mol. The second-order valence-electron chi connectivity index (χ2n) is 5.24. The molecule has 1 aliphatic rings. The molecule has 0 bridgehead atoms. The predicted octanol–water partition coefficient (Wildman–Crippen LogP) is 3.79. The molecule has 3 heteroatoms. The summed E-state index contributed by atoms with van der Waals surface area (Å²) < 4.78 is 5.33. The first-order chi connectivity index (χ1) is 9.69. The Hall–Kier alpha value is -1.51. The van der Waals surface area contributed by atoms with Gasteiger partial charge in [-0.25, -0.2) is 0 Å². The van der Waals surface area contributed by atoms with Crippen molar-refractivity contribution in [3.8, 4) is 5.75 Å². The summed E-state index contributed by atoms with van der Waals surface area (Å²) in [4.78, 5) is 0. The molecule has 0 aromatic heterocycles. The van der Waals surface area contributed by atoms with Crippen LogP contribution in [0.5, 0.6) is 5.75 Å². The largest absolute Gasteiger partial charge is 0.495 e. The SMILES string of the molecule is COc1cc2c(cc1Cl)C[C@@H](O)C[C@@H]2c1ccccc1. The van der Waals surface area contributed by atoms with Crippen LogP contribution in [0.2, 0.25) is 5.02 Å². The maximum absolute atomic E-state index is 10.1. The quantitative estimate of drug-likeness (QED) is 0.911. The molecule has 2 aromatic rings. The van der Waals surface area contributed by atoms with Gasteiger partial charge in [0.15, 0.2) is 0 Å². The normalized spacial score (nSPS) is 21.4. The van der Waals surface area contributed by atoms with E-state index in [1.807, 2.05) is 30.3 Å². The monoisotopic (exact) mass is 288 g/mol. The minimum Gasteiger partial charge on any atom is -0.495 e. The van der Waals surface area contributed by atoms with Crippen molar-refractivity contribution in [3.05, 3.63) is 64.2 Å². The third-order valence-corrected chi connectivity index (χ3v) is 4.25. The molecular formula is C17H17ClO2. The first-order valence-corrected chi connectivity index (χ1v) is 7.16. The fourth-order valence-corrected chi connectivity index (χ4v) is 3.27. The Balaban J connectivity index is 2.11. The number of aliphatic hydroxyl groups excluding tert-OH is 1. The molecule has 104 valence electrons. The summed E-state index contributed by atoms with van der Waals surface area (Å²) in [5, 5.41) is 10.7. The fraction of sp³-hybridized carbons (Fsp3) is 0.294. The molecule has 0 saturated carbocycles. The first kappa shape index (κ1) is 13.5. The third kappa shape index (κ3) is 2.41. The zero-order valence-electron chi connectivity index (χ0n) is 11.3. The molecule has 3 rings (SSSR count). The lowest BCUT2D eigenvalue weighted by Gasteiger charge is -2.30. The van der Waals surface area contributed by atoms with Gasteiger partial charge in [0.05, 0.1) is 18.2 Å². The van der Waals surface area contributed by atoms with Gasteiger partial charge in [0.2, 0.25) is 0 Å². The van der Waals surface area contributed by atoms with Gasteiger partial charge in [-0.1, -0.05) is 41.9 Å². The van der Waals surface area contributed by atoms with Crippen molar-refractivity contribution in [2.75, 3.05) is 7.11 Å². The van der Waals surface area contributed by atoms with Gasteiger partial charge in [-0.15, -0.1) is 0 Å². The Morgan fingerprint density at radius 2 is 1.95 bits per heavy atom. The van der Waals surface area contributed by atoms with Crippen LogP contribution in [0.3, 0.4) is 0 Å². The highest BCUT2D eigenvalue weighted by Gasteiger charge is 2.28. The lowest BCUT2D eigenvalue weighted by Crippen LogP contribution is -2.23. The number of fused-ring (bicyclic) bond motifs is 1. The van der Waals surface area contributed by atoms with Gasteiger partial charge in [0, 0.05) is 5.92 Å².